The molecule has 0 saturated heterocycles. The largest absolute Gasteiger partial charge is 0.462 e. The van der Waals surface area contributed by atoms with E-state index in [1.807, 2.05) is 20.8 Å². The summed E-state index contributed by atoms with van der Waals surface area (Å²) in [6.07, 6.45) is 4.37. The molecule has 0 amide bonds. The van der Waals surface area contributed by atoms with Crippen LogP contribution in [0.5, 0.6) is 0 Å². The van der Waals surface area contributed by atoms with Gasteiger partial charge >= 0.3 is 11.9 Å². The second-order valence-electron chi connectivity index (χ2n) is 5.21. The van der Waals surface area contributed by atoms with Crippen molar-refractivity contribution in [2.45, 2.75) is 60.0 Å². The van der Waals surface area contributed by atoms with Gasteiger partial charge in [0.15, 0.2) is 0 Å². The van der Waals surface area contributed by atoms with Crippen molar-refractivity contribution < 1.29 is 19.1 Å². The van der Waals surface area contributed by atoms with Crippen LogP contribution in [-0.4, -0.2) is 24.6 Å². The van der Waals surface area contributed by atoms with Gasteiger partial charge in [-0.05, 0) is 26.2 Å². The molecule has 0 spiro atoms. The lowest BCUT2D eigenvalue weighted by atomic mass is 10.1. The molecule has 4 heteroatoms. The second kappa shape index (κ2) is 13.4. The fourth-order valence-electron chi connectivity index (χ4n) is 1.01. The summed E-state index contributed by atoms with van der Waals surface area (Å²) in [5.74, 6) is -0.258. The SMILES string of the molecule is C=C(C)C(=O)OCCCCC.C=CC(=O)OC(C)C(C)C. The molecule has 0 aromatic carbocycles. The van der Waals surface area contributed by atoms with E-state index in [1.165, 1.54) is 6.08 Å². The minimum absolute atomic E-state index is 0.0227. The van der Waals surface area contributed by atoms with E-state index in [4.69, 9.17) is 9.47 Å². The normalized spacial score (nSPS) is 11.0. The van der Waals surface area contributed by atoms with Gasteiger partial charge in [-0.25, -0.2) is 9.59 Å². The molecule has 0 rings (SSSR count). The number of carbonyl (C=O) groups excluding carboxylic acids is 2. The number of rotatable bonds is 8. The maximum Gasteiger partial charge on any atom is 0.333 e. The fourth-order valence-corrected chi connectivity index (χ4v) is 1.01. The molecule has 21 heavy (non-hydrogen) atoms. The molecule has 1 unspecified atom stereocenters. The third kappa shape index (κ3) is 14.6. The average molecular weight is 298 g/mol. The molecule has 0 aliphatic heterocycles. The van der Waals surface area contributed by atoms with Gasteiger partial charge in [-0.15, -0.1) is 0 Å². The van der Waals surface area contributed by atoms with Crippen molar-refractivity contribution in [3.8, 4) is 0 Å². The Labute approximate surface area is 129 Å². The Kier molecular flexibility index (Phi) is 13.9. The van der Waals surface area contributed by atoms with Gasteiger partial charge in [0.1, 0.15) is 6.10 Å². The van der Waals surface area contributed by atoms with Crippen LogP contribution in [0, 0.1) is 5.92 Å². The van der Waals surface area contributed by atoms with Crippen LogP contribution in [0.15, 0.2) is 24.8 Å². The van der Waals surface area contributed by atoms with Crippen molar-refractivity contribution in [1.82, 2.24) is 0 Å². The number of ether oxygens (including phenoxy) is 2. The standard InChI is InChI=1S/C9H16O2.C8H14O2/c1-4-5-6-7-11-9(10)8(2)3;1-5-8(9)10-7(4)6(2)3/h2,4-7H2,1,3H3;5-7H,1H2,2-4H3. The molecule has 0 fully saturated rings. The zero-order valence-electron chi connectivity index (χ0n) is 14.1. The van der Waals surface area contributed by atoms with E-state index in [0.717, 1.165) is 19.3 Å². The highest BCUT2D eigenvalue weighted by atomic mass is 16.5. The topological polar surface area (TPSA) is 52.6 Å². The smallest absolute Gasteiger partial charge is 0.333 e. The Morgan fingerprint density at radius 2 is 1.76 bits per heavy atom. The summed E-state index contributed by atoms with van der Waals surface area (Å²) in [7, 11) is 0. The van der Waals surface area contributed by atoms with Crippen molar-refractivity contribution in [2.75, 3.05) is 6.61 Å². The zero-order chi connectivity index (χ0) is 16.8. The predicted octanol–water partition coefficient (Wildman–Crippen LogP) is 4.06. The Bertz CT molecular complexity index is 332. The van der Waals surface area contributed by atoms with Gasteiger partial charge in [0, 0.05) is 11.6 Å². The van der Waals surface area contributed by atoms with Crippen LogP contribution in [0.25, 0.3) is 0 Å². The molecule has 0 radical (unpaired) electrons. The lowest BCUT2D eigenvalue weighted by molar-refractivity contribution is -0.144. The summed E-state index contributed by atoms with van der Waals surface area (Å²) in [5, 5.41) is 0. The summed E-state index contributed by atoms with van der Waals surface area (Å²) in [5.41, 5.74) is 0.474. The highest BCUT2D eigenvalue weighted by Gasteiger charge is 2.09. The molecule has 0 aliphatic carbocycles. The second-order valence-corrected chi connectivity index (χ2v) is 5.21. The van der Waals surface area contributed by atoms with Gasteiger partial charge in [-0.2, -0.15) is 0 Å². The molecule has 0 heterocycles. The Morgan fingerprint density at radius 1 is 1.19 bits per heavy atom. The van der Waals surface area contributed by atoms with Gasteiger partial charge in [0.2, 0.25) is 0 Å². The van der Waals surface area contributed by atoms with Crippen LogP contribution in [0.3, 0.4) is 0 Å². The summed E-state index contributed by atoms with van der Waals surface area (Å²) in [6.45, 7) is 16.9. The van der Waals surface area contributed by atoms with E-state index in [2.05, 4.69) is 20.1 Å². The highest BCUT2D eigenvalue weighted by Crippen LogP contribution is 2.04. The number of esters is 2. The van der Waals surface area contributed by atoms with E-state index in [9.17, 15) is 9.59 Å². The minimum atomic E-state index is -0.346. The molecule has 0 N–H and O–H groups in total. The molecule has 1 atom stereocenters. The van der Waals surface area contributed by atoms with E-state index >= 15 is 0 Å². The molecule has 0 saturated carbocycles. The van der Waals surface area contributed by atoms with Gasteiger partial charge in [-0.3, -0.25) is 0 Å². The lowest BCUT2D eigenvalue weighted by Crippen LogP contribution is -2.18. The third-order valence-corrected chi connectivity index (χ3v) is 2.74. The van der Waals surface area contributed by atoms with Gasteiger partial charge < -0.3 is 9.47 Å². The van der Waals surface area contributed by atoms with E-state index < -0.39 is 0 Å². The molecular formula is C17H30O4. The Hall–Kier alpha value is -1.58. The first-order chi connectivity index (χ1) is 9.76. The molecule has 0 aromatic rings. The average Bonchev–Trinajstić information content (AvgIpc) is 2.43. The van der Waals surface area contributed by atoms with Crippen molar-refractivity contribution in [3.05, 3.63) is 24.8 Å². The number of unbranched alkanes of at least 4 members (excludes halogenated alkanes) is 2. The van der Waals surface area contributed by atoms with Crippen LogP contribution in [-0.2, 0) is 19.1 Å². The van der Waals surface area contributed by atoms with Crippen molar-refractivity contribution in [1.29, 1.82) is 0 Å². The van der Waals surface area contributed by atoms with Crippen LogP contribution in [0.1, 0.15) is 53.9 Å². The molecule has 0 bridgehead atoms. The van der Waals surface area contributed by atoms with Crippen molar-refractivity contribution >= 4 is 11.9 Å². The third-order valence-electron chi connectivity index (χ3n) is 2.74. The van der Waals surface area contributed by atoms with Crippen LogP contribution >= 0.6 is 0 Å². The maximum atomic E-state index is 10.8. The Balaban J connectivity index is 0. The fraction of sp³-hybridized carbons (Fsp3) is 0.647. The van der Waals surface area contributed by atoms with Gasteiger partial charge in [0.05, 0.1) is 6.61 Å². The van der Waals surface area contributed by atoms with Crippen molar-refractivity contribution in [2.24, 2.45) is 5.92 Å². The molecule has 0 aliphatic rings. The number of hydrogen-bond acceptors (Lipinski definition) is 4. The molecule has 122 valence electrons. The van der Waals surface area contributed by atoms with E-state index in [0.29, 0.717) is 18.1 Å². The van der Waals surface area contributed by atoms with Crippen LogP contribution in [0.2, 0.25) is 0 Å². The zero-order valence-corrected chi connectivity index (χ0v) is 14.1. The van der Waals surface area contributed by atoms with Crippen LogP contribution in [0.4, 0.5) is 0 Å². The first-order valence-electron chi connectivity index (χ1n) is 7.41. The van der Waals surface area contributed by atoms with Crippen molar-refractivity contribution in [3.63, 3.8) is 0 Å². The van der Waals surface area contributed by atoms with Gasteiger partial charge in [-0.1, -0.05) is 46.8 Å². The number of hydrogen-bond donors (Lipinski definition) is 0. The summed E-state index contributed by atoms with van der Waals surface area (Å²) in [4.78, 5) is 21.4. The van der Waals surface area contributed by atoms with Crippen LogP contribution < -0.4 is 0 Å². The quantitative estimate of drug-likeness (QED) is 0.385. The van der Waals surface area contributed by atoms with E-state index in [-0.39, 0.29) is 18.0 Å². The molecular weight excluding hydrogens is 268 g/mol. The lowest BCUT2D eigenvalue weighted by Gasteiger charge is -2.14. The highest BCUT2D eigenvalue weighted by molar-refractivity contribution is 5.86. The first kappa shape index (κ1) is 21.7. The Morgan fingerprint density at radius 3 is 2.14 bits per heavy atom. The summed E-state index contributed by atoms with van der Waals surface area (Å²) in [6, 6.07) is 0. The number of carbonyl (C=O) groups is 2. The monoisotopic (exact) mass is 298 g/mol. The summed E-state index contributed by atoms with van der Waals surface area (Å²) >= 11 is 0. The molecule has 4 nitrogen and oxygen atoms in total. The van der Waals surface area contributed by atoms with Gasteiger partial charge in [0.25, 0.3) is 0 Å². The minimum Gasteiger partial charge on any atom is -0.462 e. The first-order valence-corrected chi connectivity index (χ1v) is 7.41. The molecule has 0 aromatic heterocycles. The maximum absolute atomic E-state index is 10.8. The van der Waals surface area contributed by atoms with E-state index in [1.54, 1.807) is 6.92 Å². The predicted molar refractivity (Wildman–Crippen MR) is 85.9 cm³/mol. The summed E-state index contributed by atoms with van der Waals surface area (Å²) < 4.78 is 9.77.